The van der Waals surface area contributed by atoms with Crippen LogP contribution in [-0.2, 0) is 17.1 Å². The Bertz CT molecular complexity index is 1120. The van der Waals surface area contributed by atoms with Crippen LogP contribution in [0, 0.1) is 23.0 Å². The molecule has 0 unspecified atom stereocenters. The van der Waals surface area contributed by atoms with E-state index < -0.39 is 17.6 Å². The first-order chi connectivity index (χ1) is 17.4. The minimum atomic E-state index is -0.393. The number of nitrogens with zero attached hydrogens (tertiary/aromatic N) is 6. The van der Waals surface area contributed by atoms with Gasteiger partial charge in [0.15, 0.2) is 0 Å². The molecule has 0 fully saturated rings. The Morgan fingerprint density at radius 1 is 0.568 bits per heavy atom. The minimum absolute atomic E-state index is 0. The van der Waals surface area contributed by atoms with Crippen molar-refractivity contribution in [2.24, 2.45) is 0 Å². The summed E-state index contributed by atoms with van der Waals surface area (Å²) in [5.74, 6) is 0. The standard InChI is InChI=1S/2C12H13N2Si.2CHNO.Fe/c2*1-15(2)10-6-7-12(14-9-10)11-5-3-4-8-13-11;2*2-1-3;/h2*3-9H,1-2H3;2*3H;. The van der Waals surface area contributed by atoms with Crippen molar-refractivity contribution in [1.82, 2.24) is 19.9 Å². The summed E-state index contributed by atoms with van der Waals surface area (Å²) in [5, 5.41) is 30.2. The summed E-state index contributed by atoms with van der Waals surface area (Å²) < 4.78 is 0. The molecule has 37 heavy (non-hydrogen) atoms. The molecule has 0 atom stereocenters. The molecule has 4 aromatic rings. The van der Waals surface area contributed by atoms with Gasteiger partial charge in [-0.1, -0.05) is 50.5 Å². The van der Waals surface area contributed by atoms with Crippen LogP contribution in [0.4, 0.5) is 0 Å². The topological polar surface area (TPSA) is 140 Å². The first kappa shape index (κ1) is 33.1. The molecule has 0 amide bonds. The molecule has 2 N–H and O–H groups in total. The quantitative estimate of drug-likeness (QED) is 0.279. The molecule has 0 saturated heterocycles. The largest absolute Gasteiger partial charge is 0.443 e. The normalized spacial score (nSPS) is 8.97. The van der Waals surface area contributed by atoms with Crippen LogP contribution >= 0.6 is 0 Å². The number of hydrogen-bond acceptors (Lipinski definition) is 8. The van der Waals surface area contributed by atoms with Crippen molar-refractivity contribution >= 4 is 28.0 Å². The van der Waals surface area contributed by atoms with E-state index in [1.165, 1.54) is 10.4 Å². The summed E-state index contributed by atoms with van der Waals surface area (Å²) in [4.78, 5) is 17.4. The first-order valence-corrected chi connectivity index (χ1v) is 15.8. The Labute approximate surface area is 232 Å². The van der Waals surface area contributed by atoms with E-state index >= 15 is 0 Å². The van der Waals surface area contributed by atoms with Crippen LogP contribution in [0.15, 0.2) is 85.5 Å². The Morgan fingerprint density at radius 3 is 1.11 bits per heavy atom. The monoisotopic (exact) mass is 568 g/mol. The molecular weight excluding hydrogens is 540 g/mol. The van der Waals surface area contributed by atoms with E-state index in [4.69, 9.17) is 20.7 Å². The van der Waals surface area contributed by atoms with Gasteiger partial charge in [-0.2, -0.15) is 10.5 Å². The van der Waals surface area contributed by atoms with E-state index in [1.807, 2.05) is 48.8 Å². The van der Waals surface area contributed by atoms with E-state index in [0.717, 1.165) is 35.3 Å². The molecule has 2 radical (unpaired) electrons. The van der Waals surface area contributed by atoms with Crippen molar-refractivity contribution < 1.29 is 27.3 Å². The molecule has 0 aliphatic rings. The number of aliphatic hydroxyl groups excluding tert-OH is 2. The van der Waals surface area contributed by atoms with Crippen LogP contribution in [0.1, 0.15) is 0 Å². The zero-order valence-corrected chi connectivity index (χ0v) is 24.1. The number of aliphatic hydroxyl groups is 2. The van der Waals surface area contributed by atoms with Crippen LogP contribution in [0.2, 0.25) is 26.2 Å². The molecule has 190 valence electrons. The van der Waals surface area contributed by atoms with Crippen molar-refractivity contribution in [3.8, 4) is 35.3 Å². The smallest absolute Gasteiger partial charge is 0.283 e. The second kappa shape index (κ2) is 19.3. The molecule has 8 nitrogen and oxygen atoms in total. The maximum atomic E-state index is 6.88. The number of aromatic nitrogens is 4. The van der Waals surface area contributed by atoms with Crippen LogP contribution in [-0.4, -0.2) is 47.7 Å². The maximum absolute atomic E-state index is 6.88. The number of pyridine rings is 4. The van der Waals surface area contributed by atoms with Gasteiger partial charge in [0, 0.05) is 41.9 Å². The Balaban J connectivity index is 0.000000566. The van der Waals surface area contributed by atoms with Crippen LogP contribution in [0.3, 0.4) is 0 Å². The fourth-order valence-corrected chi connectivity index (χ4v) is 4.19. The van der Waals surface area contributed by atoms with Gasteiger partial charge in [0.1, 0.15) is 0 Å². The summed E-state index contributed by atoms with van der Waals surface area (Å²) >= 11 is 0. The van der Waals surface area contributed by atoms with E-state index in [9.17, 15) is 0 Å². The molecule has 0 aromatic carbocycles. The average molecular weight is 569 g/mol. The second-order valence-corrected chi connectivity index (χ2v) is 12.6. The molecule has 4 aromatic heterocycles. The van der Waals surface area contributed by atoms with E-state index in [1.54, 1.807) is 12.4 Å². The van der Waals surface area contributed by atoms with Gasteiger partial charge in [-0.05, 0) is 46.8 Å². The van der Waals surface area contributed by atoms with Gasteiger partial charge in [0.05, 0.1) is 40.4 Å². The molecule has 11 heteroatoms. The molecule has 4 rings (SSSR count). The van der Waals surface area contributed by atoms with Crippen LogP contribution < -0.4 is 10.4 Å². The Kier molecular flexibility index (Phi) is 17.3. The Morgan fingerprint density at radius 2 is 0.892 bits per heavy atom. The van der Waals surface area contributed by atoms with Gasteiger partial charge in [0.25, 0.3) is 12.5 Å². The maximum Gasteiger partial charge on any atom is 0.283 e. The number of nitriles is 2. The molecular formula is C26H28FeN6O2Si2. The van der Waals surface area contributed by atoms with Crippen molar-refractivity contribution in [3.05, 3.63) is 85.5 Å². The molecule has 0 aliphatic heterocycles. The number of hydrogen-bond donors (Lipinski definition) is 2. The van der Waals surface area contributed by atoms with Gasteiger partial charge in [-0.15, -0.1) is 0 Å². The van der Waals surface area contributed by atoms with Gasteiger partial charge < -0.3 is 10.2 Å². The third-order valence-electron chi connectivity index (χ3n) is 4.54. The third-order valence-corrected chi connectivity index (χ3v) is 7.44. The molecule has 0 bridgehead atoms. The molecule has 4 heterocycles. The number of rotatable bonds is 4. The summed E-state index contributed by atoms with van der Waals surface area (Å²) in [5.41, 5.74) is 3.76. The van der Waals surface area contributed by atoms with Crippen molar-refractivity contribution in [1.29, 1.82) is 10.5 Å². The average Bonchev–Trinajstić information content (AvgIpc) is 2.91. The molecule has 0 spiro atoms. The van der Waals surface area contributed by atoms with Gasteiger partial charge >= 0.3 is 0 Å². The van der Waals surface area contributed by atoms with Gasteiger partial charge in [-0.3, -0.25) is 19.9 Å². The minimum Gasteiger partial charge on any atom is -0.443 e. The molecule has 0 aliphatic carbocycles. The first-order valence-electron chi connectivity index (χ1n) is 10.8. The van der Waals surface area contributed by atoms with Crippen LogP contribution in [0.25, 0.3) is 22.8 Å². The predicted octanol–water partition coefficient (Wildman–Crippen LogP) is 3.89. The zero-order valence-electron chi connectivity index (χ0n) is 21.0. The molecule has 0 saturated carbocycles. The van der Waals surface area contributed by atoms with Crippen molar-refractivity contribution in [3.63, 3.8) is 0 Å². The zero-order chi connectivity index (χ0) is 26.8. The fourth-order valence-electron chi connectivity index (χ4n) is 2.71. The van der Waals surface area contributed by atoms with E-state index in [0.29, 0.717) is 0 Å². The predicted molar refractivity (Wildman–Crippen MR) is 144 cm³/mol. The van der Waals surface area contributed by atoms with Gasteiger partial charge in [-0.25, -0.2) is 0 Å². The fraction of sp³-hybridized carbons (Fsp3) is 0.154. The second-order valence-electron chi connectivity index (χ2n) is 7.49. The summed E-state index contributed by atoms with van der Waals surface area (Å²) in [6.07, 6.45) is 9.02. The summed E-state index contributed by atoms with van der Waals surface area (Å²) in [6.45, 7) is 9.06. The summed E-state index contributed by atoms with van der Waals surface area (Å²) in [7, 11) is -0.786. The van der Waals surface area contributed by atoms with Crippen molar-refractivity contribution in [2.75, 3.05) is 0 Å². The van der Waals surface area contributed by atoms with Crippen LogP contribution in [0.5, 0.6) is 0 Å². The van der Waals surface area contributed by atoms with E-state index in [-0.39, 0.29) is 17.1 Å². The Hall–Kier alpha value is -3.87. The third kappa shape index (κ3) is 12.6. The van der Waals surface area contributed by atoms with E-state index in [2.05, 4.69) is 70.4 Å². The summed E-state index contributed by atoms with van der Waals surface area (Å²) in [6, 6.07) is 20.2. The van der Waals surface area contributed by atoms with Gasteiger partial charge in [0.2, 0.25) is 0 Å². The van der Waals surface area contributed by atoms with Crippen molar-refractivity contribution in [2.45, 2.75) is 26.2 Å². The SMILES string of the molecule is C[Si](C)c1ccc(-c2ccccn2)nc1.C[Si](C)c1ccc(-c2ccccn2)nc1.N#CO.N#CO.[Fe].